The lowest BCUT2D eigenvalue weighted by Crippen LogP contribution is -1.95. The molecule has 0 saturated heterocycles. The monoisotopic (exact) mass is 216 g/mol. The minimum Gasteiger partial charge on any atom is -0.258 e. The number of thiol groups is 1. The van der Waals surface area contributed by atoms with E-state index in [4.69, 9.17) is 0 Å². The van der Waals surface area contributed by atoms with Crippen LogP contribution in [0, 0.1) is 10.1 Å². The second-order valence-corrected chi connectivity index (χ2v) is 4.32. The Labute approximate surface area is 85.8 Å². The van der Waals surface area contributed by atoms with Gasteiger partial charge in [0, 0.05) is 13.1 Å². The SMILES string of the molecule is CN(S)Sc1ccccc1[N+](=O)[O-]. The van der Waals surface area contributed by atoms with Crippen LogP contribution in [-0.4, -0.2) is 15.7 Å². The van der Waals surface area contributed by atoms with Crippen molar-refractivity contribution in [2.45, 2.75) is 4.90 Å². The van der Waals surface area contributed by atoms with E-state index in [1.165, 1.54) is 21.7 Å². The molecular weight excluding hydrogens is 208 g/mol. The predicted octanol–water partition coefficient (Wildman–Crippen LogP) is 2.38. The summed E-state index contributed by atoms with van der Waals surface area (Å²) in [5.41, 5.74) is 0.105. The third kappa shape index (κ3) is 2.91. The molecule has 0 aliphatic rings. The average Bonchev–Trinajstić information content (AvgIpc) is 2.03. The number of nitro groups is 1. The molecule has 0 aromatic heterocycles. The van der Waals surface area contributed by atoms with Crippen LogP contribution in [0.25, 0.3) is 0 Å². The zero-order chi connectivity index (χ0) is 9.84. The van der Waals surface area contributed by atoms with Crippen molar-refractivity contribution in [1.82, 2.24) is 3.71 Å². The molecule has 0 aliphatic heterocycles. The largest absolute Gasteiger partial charge is 0.284 e. The van der Waals surface area contributed by atoms with E-state index in [2.05, 4.69) is 12.8 Å². The van der Waals surface area contributed by atoms with Gasteiger partial charge in [-0.15, -0.1) is 0 Å². The molecular formula is C7H8N2O2S2. The fourth-order valence-corrected chi connectivity index (χ4v) is 1.75. The molecule has 4 nitrogen and oxygen atoms in total. The number of hydrogen-bond donors (Lipinski definition) is 1. The Morgan fingerprint density at radius 1 is 1.54 bits per heavy atom. The van der Waals surface area contributed by atoms with E-state index in [0.717, 1.165) is 0 Å². The van der Waals surface area contributed by atoms with Crippen molar-refractivity contribution < 1.29 is 4.92 Å². The van der Waals surface area contributed by atoms with E-state index >= 15 is 0 Å². The van der Waals surface area contributed by atoms with Crippen LogP contribution in [0.1, 0.15) is 0 Å². The van der Waals surface area contributed by atoms with Crippen LogP contribution in [-0.2, 0) is 0 Å². The topological polar surface area (TPSA) is 46.4 Å². The van der Waals surface area contributed by atoms with Crippen LogP contribution in [0.3, 0.4) is 0 Å². The maximum Gasteiger partial charge on any atom is 0.284 e. The minimum absolute atomic E-state index is 0.105. The highest BCUT2D eigenvalue weighted by atomic mass is 32.2. The first-order valence-electron chi connectivity index (χ1n) is 3.45. The summed E-state index contributed by atoms with van der Waals surface area (Å²) in [6.45, 7) is 0. The number of benzene rings is 1. The molecule has 1 rings (SSSR count). The molecule has 0 N–H and O–H groups in total. The first kappa shape index (κ1) is 10.4. The van der Waals surface area contributed by atoms with Crippen LogP contribution in [0.2, 0.25) is 0 Å². The van der Waals surface area contributed by atoms with Crippen molar-refractivity contribution in [1.29, 1.82) is 0 Å². The Kier molecular flexibility index (Phi) is 3.58. The number of hydrogen-bond acceptors (Lipinski definition) is 5. The summed E-state index contributed by atoms with van der Waals surface area (Å²) >= 11 is 5.21. The molecule has 0 bridgehead atoms. The molecule has 13 heavy (non-hydrogen) atoms. The summed E-state index contributed by atoms with van der Waals surface area (Å²) in [5.74, 6) is 0. The normalized spacial score (nSPS) is 10.4. The Morgan fingerprint density at radius 3 is 2.69 bits per heavy atom. The third-order valence-corrected chi connectivity index (χ3v) is 2.34. The molecule has 1 aromatic rings. The van der Waals surface area contributed by atoms with Crippen molar-refractivity contribution in [3.63, 3.8) is 0 Å². The van der Waals surface area contributed by atoms with E-state index in [0.29, 0.717) is 4.90 Å². The van der Waals surface area contributed by atoms with E-state index in [-0.39, 0.29) is 5.69 Å². The number of nitro benzene ring substituents is 1. The number of rotatable bonds is 3. The zero-order valence-electron chi connectivity index (χ0n) is 6.88. The number of para-hydroxylation sites is 1. The molecule has 0 aliphatic carbocycles. The molecule has 0 atom stereocenters. The van der Waals surface area contributed by atoms with Gasteiger partial charge >= 0.3 is 0 Å². The summed E-state index contributed by atoms with van der Waals surface area (Å²) in [6, 6.07) is 6.56. The van der Waals surface area contributed by atoms with Gasteiger partial charge in [-0.25, -0.2) is 0 Å². The van der Waals surface area contributed by atoms with Crippen LogP contribution in [0.4, 0.5) is 5.69 Å². The maximum absolute atomic E-state index is 10.6. The summed E-state index contributed by atoms with van der Waals surface area (Å²) in [6.07, 6.45) is 0. The minimum atomic E-state index is -0.403. The molecule has 0 heterocycles. The van der Waals surface area contributed by atoms with Crippen molar-refractivity contribution in [2.75, 3.05) is 7.05 Å². The summed E-state index contributed by atoms with van der Waals surface area (Å²) < 4.78 is 1.52. The first-order chi connectivity index (χ1) is 6.11. The second kappa shape index (κ2) is 4.50. The van der Waals surface area contributed by atoms with Crippen LogP contribution >= 0.6 is 24.8 Å². The molecule has 1 aromatic carbocycles. The van der Waals surface area contributed by atoms with Crippen molar-refractivity contribution in [3.8, 4) is 0 Å². The average molecular weight is 216 g/mol. The van der Waals surface area contributed by atoms with Gasteiger partial charge in [0.15, 0.2) is 0 Å². The molecule has 0 saturated carbocycles. The van der Waals surface area contributed by atoms with E-state index in [1.807, 2.05) is 0 Å². The summed E-state index contributed by atoms with van der Waals surface area (Å²) in [7, 11) is 1.71. The highest BCUT2D eigenvalue weighted by Crippen LogP contribution is 2.30. The van der Waals surface area contributed by atoms with Crippen LogP contribution in [0.5, 0.6) is 0 Å². The van der Waals surface area contributed by atoms with Gasteiger partial charge in [-0.2, -0.15) is 3.71 Å². The molecule has 0 amide bonds. The third-order valence-electron chi connectivity index (χ3n) is 1.29. The molecule has 0 spiro atoms. The van der Waals surface area contributed by atoms with E-state index in [1.54, 1.807) is 25.2 Å². The van der Waals surface area contributed by atoms with E-state index in [9.17, 15) is 10.1 Å². The molecule has 70 valence electrons. The lowest BCUT2D eigenvalue weighted by molar-refractivity contribution is -0.387. The molecule has 6 heteroatoms. The van der Waals surface area contributed by atoms with Gasteiger partial charge in [0.05, 0.1) is 4.92 Å². The molecule has 0 unspecified atom stereocenters. The molecule has 0 fully saturated rings. The lowest BCUT2D eigenvalue weighted by Gasteiger charge is -2.06. The highest BCUT2D eigenvalue weighted by molar-refractivity contribution is 8.05. The fraction of sp³-hybridized carbons (Fsp3) is 0.143. The quantitative estimate of drug-likeness (QED) is 0.365. The van der Waals surface area contributed by atoms with Crippen molar-refractivity contribution in [2.24, 2.45) is 0 Å². The zero-order valence-corrected chi connectivity index (χ0v) is 8.59. The predicted molar refractivity (Wildman–Crippen MR) is 55.7 cm³/mol. The lowest BCUT2D eigenvalue weighted by atomic mass is 10.3. The Bertz CT molecular complexity index is 317. The van der Waals surface area contributed by atoms with Crippen molar-refractivity contribution in [3.05, 3.63) is 34.4 Å². The number of nitrogens with zero attached hydrogens (tertiary/aromatic N) is 2. The van der Waals surface area contributed by atoms with Crippen molar-refractivity contribution >= 4 is 30.5 Å². The second-order valence-electron chi connectivity index (χ2n) is 2.28. The van der Waals surface area contributed by atoms with Crippen LogP contribution in [0.15, 0.2) is 29.2 Å². The Hall–Kier alpha value is -0.720. The fourth-order valence-electron chi connectivity index (χ4n) is 0.828. The Balaban J connectivity index is 2.98. The maximum atomic E-state index is 10.6. The highest BCUT2D eigenvalue weighted by Gasteiger charge is 2.13. The van der Waals surface area contributed by atoms with Gasteiger partial charge in [-0.1, -0.05) is 24.9 Å². The van der Waals surface area contributed by atoms with Gasteiger partial charge in [-0.05, 0) is 18.0 Å². The summed E-state index contributed by atoms with van der Waals surface area (Å²) in [4.78, 5) is 10.7. The smallest absolute Gasteiger partial charge is 0.258 e. The van der Waals surface area contributed by atoms with Gasteiger partial charge in [-0.3, -0.25) is 10.1 Å². The van der Waals surface area contributed by atoms with Gasteiger partial charge in [0.1, 0.15) is 4.90 Å². The van der Waals surface area contributed by atoms with Gasteiger partial charge in [0.2, 0.25) is 0 Å². The Morgan fingerprint density at radius 2 is 2.15 bits per heavy atom. The molecule has 0 radical (unpaired) electrons. The van der Waals surface area contributed by atoms with Gasteiger partial charge in [0.25, 0.3) is 5.69 Å². The van der Waals surface area contributed by atoms with Crippen LogP contribution < -0.4 is 0 Å². The summed E-state index contributed by atoms with van der Waals surface area (Å²) in [5, 5.41) is 10.6. The first-order valence-corrected chi connectivity index (χ1v) is 4.62. The van der Waals surface area contributed by atoms with Gasteiger partial charge < -0.3 is 0 Å². The standard InChI is InChI=1S/C7H8N2O2S2/c1-8(12)13-7-5-3-2-4-6(7)9(10)11/h2-5,12H,1H3. The van der Waals surface area contributed by atoms with E-state index < -0.39 is 4.92 Å².